The molecule has 4 rings (SSSR count). The third kappa shape index (κ3) is 2.93. The molecule has 0 atom stereocenters. The van der Waals surface area contributed by atoms with E-state index in [-0.39, 0.29) is 4.21 Å². The van der Waals surface area contributed by atoms with Crippen molar-refractivity contribution in [3.8, 4) is 22.5 Å². The van der Waals surface area contributed by atoms with E-state index in [2.05, 4.69) is 31.2 Å². The lowest BCUT2D eigenvalue weighted by Gasteiger charge is -2.07. The third-order valence-corrected chi connectivity index (χ3v) is 8.41. The van der Waals surface area contributed by atoms with E-state index in [9.17, 15) is 8.42 Å². The Morgan fingerprint density at radius 2 is 1.61 bits per heavy atom. The SMILES string of the molecule is Cc1c(-c2cc(-c3cnn(C)c3C)n(S(=O)(=O)c3ccc(Br)s3)n2)cnn1C. The van der Waals surface area contributed by atoms with E-state index in [4.69, 9.17) is 0 Å². The van der Waals surface area contributed by atoms with Gasteiger partial charge >= 0.3 is 0 Å². The minimum atomic E-state index is -3.87. The summed E-state index contributed by atoms with van der Waals surface area (Å²) in [6.07, 6.45) is 3.35. The molecule has 0 aromatic carbocycles. The Balaban J connectivity index is 1.99. The lowest BCUT2D eigenvalue weighted by atomic mass is 10.1. The van der Waals surface area contributed by atoms with Gasteiger partial charge in [-0.15, -0.1) is 11.3 Å². The van der Waals surface area contributed by atoms with E-state index in [0.717, 1.165) is 36.2 Å². The van der Waals surface area contributed by atoms with E-state index >= 15 is 0 Å². The van der Waals surface area contributed by atoms with Gasteiger partial charge in [-0.3, -0.25) is 9.36 Å². The molecule has 0 aliphatic heterocycles. The molecular formula is C17H17BrN6O2S2. The predicted molar refractivity (Wildman–Crippen MR) is 111 cm³/mol. The summed E-state index contributed by atoms with van der Waals surface area (Å²) in [7, 11) is -0.217. The molecular weight excluding hydrogens is 464 g/mol. The Kier molecular flexibility index (Phi) is 4.55. The molecule has 8 nitrogen and oxygen atoms in total. The summed E-state index contributed by atoms with van der Waals surface area (Å²) >= 11 is 4.48. The number of thiophene rings is 1. The minimum absolute atomic E-state index is 0.208. The van der Waals surface area contributed by atoms with E-state index in [1.807, 2.05) is 27.9 Å². The first-order valence-electron chi connectivity index (χ1n) is 8.29. The van der Waals surface area contributed by atoms with Crippen LogP contribution in [0.4, 0.5) is 0 Å². The van der Waals surface area contributed by atoms with Gasteiger partial charge in [0.05, 0.1) is 27.6 Å². The third-order valence-electron chi connectivity index (χ3n) is 4.73. The fourth-order valence-corrected chi connectivity index (χ4v) is 6.24. The molecule has 0 spiro atoms. The predicted octanol–water partition coefficient (Wildman–Crippen LogP) is 3.36. The molecule has 0 unspecified atom stereocenters. The van der Waals surface area contributed by atoms with Crippen molar-refractivity contribution in [1.29, 1.82) is 0 Å². The van der Waals surface area contributed by atoms with Crippen molar-refractivity contribution < 1.29 is 8.42 Å². The number of aromatic nitrogens is 6. The van der Waals surface area contributed by atoms with Crippen LogP contribution in [0, 0.1) is 13.8 Å². The molecule has 0 aliphatic carbocycles. The lowest BCUT2D eigenvalue weighted by Crippen LogP contribution is -2.15. The van der Waals surface area contributed by atoms with Crippen molar-refractivity contribution in [1.82, 2.24) is 28.7 Å². The summed E-state index contributed by atoms with van der Waals surface area (Å²) in [5, 5.41) is 13.0. The summed E-state index contributed by atoms with van der Waals surface area (Å²) in [5.41, 5.74) is 4.25. The Hall–Kier alpha value is -2.24. The maximum absolute atomic E-state index is 13.3. The van der Waals surface area contributed by atoms with Crippen molar-refractivity contribution in [3.05, 3.63) is 45.8 Å². The average Bonchev–Trinajstić information content (AvgIpc) is 3.40. The van der Waals surface area contributed by atoms with Crippen LogP contribution in [0.5, 0.6) is 0 Å². The summed E-state index contributed by atoms with van der Waals surface area (Å²) in [6.45, 7) is 3.81. The number of halogens is 1. The highest BCUT2D eigenvalue weighted by atomic mass is 79.9. The number of aryl methyl sites for hydroxylation is 2. The standard InChI is InChI=1S/C17H17BrN6O2S2/c1-10-12(8-19-22(10)3)14-7-15(13-9-20-23(4)11(13)2)24(21-14)28(25,26)17-6-5-16(18)27-17/h5-9H,1-4H3. The summed E-state index contributed by atoms with van der Waals surface area (Å²) in [6, 6.07) is 5.05. The molecule has 4 aromatic rings. The van der Waals surface area contributed by atoms with Crippen molar-refractivity contribution >= 4 is 37.3 Å². The molecule has 28 heavy (non-hydrogen) atoms. The summed E-state index contributed by atoms with van der Waals surface area (Å²) in [4.78, 5) is 0. The second kappa shape index (κ2) is 6.68. The average molecular weight is 481 g/mol. The van der Waals surface area contributed by atoms with Crippen molar-refractivity contribution in [2.24, 2.45) is 14.1 Å². The van der Waals surface area contributed by atoms with Crippen LogP contribution in [0.3, 0.4) is 0 Å². The largest absolute Gasteiger partial charge is 0.293 e. The highest BCUT2D eigenvalue weighted by Gasteiger charge is 2.27. The quantitative estimate of drug-likeness (QED) is 0.446. The molecule has 0 N–H and O–H groups in total. The van der Waals surface area contributed by atoms with Gasteiger partial charge in [-0.1, -0.05) is 0 Å². The minimum Gasteiger partial charge on any atom is -0.272 e. The number of nitrogens with zero attached hydrogens (tertiary/aromatic N) is 6. The van der Waals surface area contributed by atoms with Crippen molar-refractivity contribution in [3.63, 3.8) is 0 Å². The molecule has 4 heterocycles. The van der Waals surface area contributed by atoms with Crippen LogP contribution >= 0.6 is 27.3 Å². The van der Waals surface area contributed by atoms with E-state index in [0.29, 0.717) is 17.0 Å². The second-order valence-corrected chi connectivity index (χ2v) is 10.8. The lowest BCUT2D eigenvalue weighted by molar-refractivity contribution is 0.583. The van der Waals surface area contributed by atoms with Crippen LogP contribution in [0.2, 0.25) is 0 Å². The van der Waals surface area contributed by atoms with Crippen LogP contribution < -0.4 is 0 Å². The van der Waals surface area contributed by atoms with Crippen LogP contribution in [0.1, 0.15) is 11.4 Å². The highest BCUT2D eigenvalue weighted by Crippen LogP contribution is 2.34. The van der Waals surface area contributed by atoms with E-state index < -0.39 is 10.0 Å². The van der Waals surface area contributed by atoms with Crippen LogP contribution in [0.25, 0.3) is 22.5 Å². The first kappa shape index (κ1) is 19.1. The van der Waals surface area contributed by atoms with Crippen molar-refractivity contribution in [2.45, 2.75) is 18.1 Å². The maximum Gasteiger partial charge on any atom is 0.293 e. The molecule has 0 saturated heterocycles. The summed E-state index contributed by atoms with van der Waals surface area (Å²) < 4.78 is 32.1. The molecule has 0 aliphatic rings. The number of hydrogen-bond acceptors (Lipinski definition) is 6. The maximum atomic E-state index is 13.3. The normalized spacial score (nSPS) is 12.0. The smallest absolute Gasteiger partial charge is 0.272 e. The molecule has 0 amide bonds. The molecule has 146 valence electrons. The number of hydrogen-bond donors (Lipinski definition) is 0. The number of rotatable bonds is 4. The Morgan fingerprint density at radius 3 is 2.11 bits per heavy atom. The van der Waals surface area contributed by atoms with Crippen LogP contribution in [-0.4, -0.2) is 37.2 Å². The van der Waals surface area contributed by atoms with Gasteiger partial charge in [0.1, 0.15) is 4.21 Å². The van der Waals surface area contributed by atoms with Gasteiger partial charge in [-0.2, -0.15) is 27.8 Å². The molecule has 0 fully saturated rings. The topological polar surface area (TPSA) is 87.6 Å². The molecule has 11 heteroatoms. The van der Waals surface area contributed by atoms with Crippen molar-refractivity contribution in [2.75, 3.05) is 0 Å². The molecule has 4 aromatic heterocycles. The Labute approximate surface area is 174 Å². The first-order valence-corrected chi connectivity index (χ1v) is 11.3. The summed E-state index contributed by atoms with van der Waals surface area (Å²) in [5.74, 6) is 0. The molecule has 0 bridgehead atoms. The zero-order valence-electron chi connectivity index (χ0n) is 15.6. The van der Waals surface area contributed by atoms with E-state index in [1.54, 1.807) is 40.0 Å². The van der Waals surface area contributed by atoms with Gasteiger partial charge in [0.2, 0.25) is 0 Å². The second-order valence-electron chi connectivity index (χ2n) is 6.36. The molecule has 0 saturated carbocycles. The zero-order valence-corrected chi connectivity index (χ0v) is 18.8. The first-order chi connectivity index (χ1) is 13.2. The zero-order chi connectivity index (χ0) is 20.2. The van der Waals surface area contributed by atoms with Crippen LogP contribution in [-0.2, 0) is 24.1 Å². The monoisotopic (exact) mass is 480 g/mol. The van der Waals surface area contributed by atoms with Gasteiger partial charge in [0, 0.05) is 36.6 Å². The van der Waals surface area contributed by atoms with Gasteiger partial charge in [0.15, 0.2) is 0 Å². The fourth-order valence-electron chi connectivity index (χ4n) is 2.88. The van der Waals surface area contributed by atoms with Crippen LogP contribution in [0.15, 0.2) is 38.6 Å². The molecule has 0 radical (unpaired) electrons. The Bertz CT molecular complexity index is 1300. The van der Waals surface area contributed by atoms with Gasteiger partial charge < -0.3 is 0 Å². The van der Waals surface area contributed by atoms with E-state index in [1.165, 1.54) is 0 Å². The highest BCUT2D eigenvalue weighted by molar-refractivity contribution is 9.11. The fraction of sp³-hybridized carbons (Fsp3) is 0.235. The van der Waals surface area contributed by atoms with Gasteiger partial charge in [-0.05, 0) is 48.0 Å². The Morgan fingerprint density at radius 1 is 1.00 bits per heavy atom. The van der Waals surface area contributed by atoms with Gasteiger partial charge in [0.25, 0.3) is 10.0 Å². The van der Waals surface area contributed by atoms with Gasteiger partial charge in [-0.25, -0.2) is 0 Å².